The van der Waals surface area contributed by atoms with Gasteiger partial charge in [0.1, 0.15) is 5.78 Å². The van der Waals surface area contributed by atoms with Gasteiger partial charge in [0, 0.05) is 25.7 Å². The predicted octanol–water partition coefficient (Wildman–Crippen LogP) is 8.37. The van der Waals surface area contributed by atoms with Crippen LogP contribution >= 0.6 is 0 Å². The van der Waals surface area contributed by atoms with Gasteiger partial charge in [-0.15, -0.1) is 0 Å². The van der Waals surface area contributed by atoms with Gasteiger partial charge in [-0.05, 0) is 31.1 Å². The number of hydrogen-bond acceptors (Lipinski definition) is 5. The van der Waals surface area contributed by atoms with Crippen LogP contribution in [0, 0.1) is 11.8 Å². The zero-order valence-corrected chi connectivity index (χ0v) is 23.5. The number of rotatable bonds is 25. The van der Waals surface area contributed by atoms with Gasteiger partial charge in [0.2, 0.25) is 0 Å². The van der Waals surface area contributed by atoms with E-state index in [4.69, 9.17) is 9.47 Å². The van der Waals surface area contributed by atoms with Gasteiger partial charge >= 0.3 is 11.9 Å². The van der Waals surface area contributed by atoms with E-state index in [-0.39, 0.29) is 42.9 Å². The molecule has 0 spiro atoms. The third kappa shape index (κ3) is 22.8. The molecule has 0 heterocycles. The third-order valence-corrected chi connectivity index (χ3v) is 6.65. The maximum absolute atomic E-state index is 12.6. The van der Waals surface area contributed by atoms with E-state index in [1.165, 1.54) is 51.4 Å². The molecule has 0 bridgehead atoms. The number of carbonyl (C=O) groups is 3. The standard InChI is InChI=1S/C30H56O5/c1-5-8-10-12-14-16-21-34-29(32)24-27(23-28(31)20-19-26(4)18-7-3)25-30(33)35-22-17-15-13-11-9-6-2/h26-27H,5-25H2,1-4H3. The van der Waals surface area contributed by atoms with E-state index in [1.807, 2.05) is 0 Å². The number of carbonyl (C=O) groups excluding carboxylic acids is 3. The van der Waals surface area contributed by atoms with Gasteiger partial charge in [0.05, 0.1) is 13.2 Å². The van der Waals surface area contributed by atoms with Crippen molar-refractivity contribution in [1.82, 2.24) is 0 Å². The van der Waals surface area contributed by atoms with Crippen molar-refractivity contribution in [3.63, 3.8) is 0 Å². The summed E-state index contributed by atoms with van der Waals surface area (Å²) in [6, 6.07) is 0. The molecular weight excluding hydrogens is 440 g/mol. The van der Waals surface area contributed by atoms with Gasteiger partial charge in [-0.25, -0.2) is 0 Å². The van der Waals surface area contributed by atoms with E-state index in [0.717, 1.165) is 44.9 Å². The molecule has 5 nitrogen and oxygen atoms in total. The highest BCUT2D eigenvalue weighted by molar-refractivity contribution is 5.81. The molecule has 5 heteroatoms. The predicted molar refractivity (Wildman–Crippen MR) is 144 cm³/mol. The molecule has 35 heavy (non-hydrogen) atoms. The van der Waals surface area contributed by atoms with E-state index < -0.39 is 0 Å². The summed E-state index contributed by atoms with van der Waals surface area (Å²) in [5, 5.41) is 0. The van der Waals surface area contributed by atoms with Gasteiger partial charge in [-0.2, -0.15) is 0 Å². The summed E-state index contributed by atoms with van der Waals surface area (Å²) < 4.78 is 10.8. The summed E-state index contributed by atoms with van der Waals surface area (Å²) >= 11 is 0. The molecule has 0 aliphatic heterocycles. The number of ketones is 1. The van der Waals surface area contributed by atoms with Gasteiger partial charge in [-0.1, -0.05) is 105 Å². The van der Waals surface area contributed by atoms with E-state index in [2.05, 4.69) is 27.7 Å². The summed E-state index contributed by atoms with van der Waals surface area (Å²) in [6.07, 6.45) is 17.7. The molecule has 0 amide bonds. The first-order valence-electron chi connectivity index (χ1n) is 14.8. The molecule has 0 aromatic heterocycles. The lowest BCUT2D eigenvalue weighted by Crippen LogP contribution is -2.20. The molecule has 0 rings (SSSR count). The lowest BCUT2D eigenvalue weighted by Gasteiger charge is -2.16. The molecule has 0 saturated carbocycles. The Hall–Kier alpha value is -1.39. The van der Waals surface area contributed by atoms with Gasteiger partial charge in [0.25, 0.3) is 0 Å². The molecule has 0 aromatic rings. The second-order valence-electron chi connectivity index (χ2n) is 10.4. The summed E-state index contributed by atoms with van der Waals surface area (Å²) in [5.74, 6) is -0.297. The minimum atomic E-state index is -0.335. The fraction of sp³-hybridized carbons (Fsp3) is 0.900. The number of ether oxygens (including phenoxy) is 2. The first kappa shape index (κ1) is 33.6. The van der Waals surface area contributed by atoms with Crippen LogP contribution in [0.4, 0.5) is 0 Å². The van der Waals surface area contributed by atoms with Crippen molar-refractivity contribution < 1.29 is 23.9 Å². The Labute approximate surface area is 216 Å². The quantitative estimate of drug-likeness (QED) is 0.0937. The molecule has 1 atom stereocenters. The van der Waals surface area contributed by atoms with Crippen LogP contribution in [0.5, 0.6) is 0 Å². The molecule has 0 N–H and O–H groups in total. The van der Waals surface area contributed by atoms with E-state index >= 15 is 0 Å². The first-order valence-corrected chi connectivity index (χ1v) is 14.8. The molecule has 1 unspecified atom stereocenters. The Balaban J connectivity index is 4.47. The second kappa shape index (κ2) is 24.3. The van der Waals surface area contributed by atoms with Crippen molar-refractivity contribution in [2.75, 3.05) is 13.2 Å². The minimum Gasteiger partial charge on any atom is -0.466 e. The Morgan fingerprint density at radius 3 is 1.49 bits per heavy atom. The molecular formula is C30H56O5. The van der Waals surface area contributed by atoms with Crippen molar-refractivity contribution in [3.05, 3.63) is 0 Å². The molecule has 0 saturated heterocycles. The maximum Gasteiger partial charge on any atom is 0.306 e. The van der Waals surface area contributed by atoms with Gasteiger partial charge < -0.3 is 9.47 Å². The summed E-state index contributed by atoms with van der Waals surface area (Å²) in [7, 11) is 0. The highest BCUT2D eigenvalue weighted by Gasteiger charge is 2.22. The van der Waals surface area contributed by atoms with E-state index in [1.54, 1.807) is 0 Å². The van der Waals surface area contributed by atoms with Gasteiger partial charge in [-0.3, -0.25) is 14.4 Å². The number of hydrogen-bond donors (Lipinski definition) is 0. The highest BCUT2D eigenvalue weighted by Crippen LogP contribution is 2.20. The number of unbranched alkanes of at least 4 members (excludes halogenated alkanes) is 10. The van der Waals surface area contributed by atoms with Crippen LogP contribution in [0.25, 0.3) is 0 Å². The Bertz CT molecular complexity index is 499. The van der Waals surface area contributed by atoms with Gasteiger partial charge in [0.15, 0.2) is 0 Å². The van der Waals surface area contributed by atoms with Crippen molar-refractivity contribution in [3.8, 4) is 0 Å². The van der Waals surface area contributed by atoms with Crippen LogP contribution in [0.3, 0.4) is 0 Å². The van der Waals surface area contributed by atoms with Crippen molar-refractivity contribution in [2.45, 2.75) is 150 Å². The Kier molecular flexibility index (Phi) is 23.3. The summed E-state index contributed by atoms with van der Waals surface area (Å²) in [5.41, 5.74) is 0. The van der Waals surface area contributed by atoms with Crippen LogP contribution < -0.4 is 0 Å². The monoisotopic (exact) mass is 496 g/mol. The van der Waals surface area contributed by atoms with Crippen molar-refractivity contribution in [2.24, 2.45) is 11.8 Å². The van der Waals surface area contributed by atoms with Crippen molar-refractivity contribution >= 4 is 17.7 Å². The fourth-order valence-electron chi connectivity index (χ4n) is 4.41. The first-order chi connectivity index (χ1) is 16.9. The van der Waals surface area contributed by atoms with E-state index in [9.17, 15) is 14.4 Å². The molecule has 0 radical (unpaired) electrons. The molecule has 0 aliphatic carbocycles. The number of Topliss-reactive ketones (excluding diaryl/α,β-unsaturated/α-hetero) is 1. The number of esters is 2. The van der Waals surface area contributed by atoms with Crippen molar-refractivity contribution in [1.29, 1.82) is 0 Å². The van der Waals surface area contributed by atoms with Crippen LogP contribution in [0.2, 0.25) is 0 Å². The Morgan fingerprint density at radius 2 is 1.03 bits per heavy atom. The fourth-order valence-corrected chi connectivity index (χ4v) is 4.41. The third-order valence-electron chi connectivity index (χ3n) is 6.65. The van der Waals surface area contributed by atoms with E-state index in [0.29, 0.717) is 25.6 Å². The van der Waals surface area contributed by atoms with Crippen LogP contribution in [0.15, 0.2) is 0 Å². The zero-order valence-electron chi connectivity index (χ0n) is 23.5. The Morgan fingerprint density at radius 1 is 0.571 bits per heavy atom. The zero-order chi connectivity index (χ0) is 26.2. The molecule has 206 valence electrons. The smallest absolute Gasteiger partial charge is 0.306 e. The minimum absolute atomic E-state index is 0.109. The lowest BCUT2D eigenvalue weighted by molar-refractivity contribution is -0.147. The normalized spacial score (nSPS) is 12.0. The molecule has 0 fully saturated rings. The lowest BCUT2D eigenvalue weighted by atomic mass is 9.91. The molecule has 0 aromatic carbocycles. The topological polar surface area (TPSA) is 69.7 Å². The van der Waals surface area contributed by atoms with Crippen LogP contribution in [-0.4, -0.2) is 30.9 Å². The van der Waals surface area contributed by atoms with Crippen LogP contribution in [-0.2, 0) is 23.9 Å². The van der Waals surface area contributed by atoms with Crippen LogP contribution in [0.1, 0.15) is 150 Å². The molecule has 0 aliphatic rings. The average molecular weight is 497 g/mol. The SMILES string of the molecule is CCCCCCCCOC(=O)CC(CC(=O)CCC(C)CCC)CC(=O)OCCCCCCCC. The average Bonchev–Trinajstić information content (AvgIpc) is 2.81. The maximum atomic E-state index is 12.6. The second-order valence-corrected chi connectivity index (χ2v) is 10.4. The highest BCUT2D eigenvalue weighted by atomic mass is 16.5. The largest absolute Gasteiger partial charge is 0.466 e. The summed E-state index contributed by atoms with van der Waals surface area (Å²) in [6.45, 7) is 9.55. The summed E-state index contributed by atoms with van der Waals surface area (Å²) in [4.78, 5) is 37.4.